The average molecular weight is 401 g/mol. The van der Waals surface area contributed by atoms with Crippen molar-refractivity contribution in [3.63, 3.8) is 0 Å². The molecule has 0 unspecified atom stereocenters. The van der Waals surface area contributed by atoms with Crippen molar-refractivity contribution in [2.75, 3.05) is 13.2 Å². The molecular formula is C25H36O4. The van der Waals surface area contributed by atoms with Gasteiger partial charge in [-0.15, -0.1) is 0 Å². The topological polar surface area (TPSA) is 66.8 Å². The molecule has 0 amide bonds. The zero-order valence-corrected chi connectivity index (χ0v) is 18.3. The van der Waals surface area contributed by atoms with E-state index in [1.54, 1.807) is 6.08 Å². The first kappa shape index (κ1) is 21.0. The quantitative estimate of drug-likeness (QED) is 0.699. The highest BCUT2D eigenvalue weighted by atomic mass is 16.5. The van der Waals surface area contributed by atoms with Crippen LogP contribution in [-0.2, 0) is 9.53 Å². The predicted molar refractivity (Wildman–Crippen MR) is 113 cm³/mol. The maximum atomic E-state index is 12.6. The highest BCUT2D eigenvalue weighted by Gasteiger charge is 2.61. The SMILES string of the molecule is CC1=CC(=O)C2=C(CO)CC[C@@H]3[C@](C)(CC[C@@]34O[C@@H](/C=C(\C)CO)C[C@@H]4C)C[C@H]12. The molecule has 3 aliphatic carbocycles. The maximum absolute atomic E-state index is 12.6. The first-order valence-corrected chi connectivity index (χ1v) is 11.3. The number of allylic oxidation sites excluding steroid dienone is 3. The van der Waals surface area contributed by atoms with Crippen molar-refractivity contribution < 1.29 is 19.7 Å². The fourth-order valence-corrected chi connectivity index (χ4v) is 7.01. The van der Waals surface area contributed by atoms with Gasteiger partial charge in [-0.1, -0.05) is 25.5 Å². The van der Waals surface area contributed by atoms with Crippen molar-refractivity contribution in [1.82, 2.24) is 0 Å². The van der Waals surface area contributed by atoms with Crippen molar-refractivity contribution >= 4 is 5.78 Å². The van der Waals surface area contributed by atoms with Crippen molar-refractivity contribution in [1.29, 1.82) is 0 Å². The van der Waals surface area contributed by atoms with Gasteiger partial charge in [0.05, 0.1) is 24.9 Å². The zero-order valence-electron chi connectivity index (χ0n) is 18.3. The summed E-state index contributed by atoms with van der Waals surface area (Å²) in [6.07, 6.45) is 9.86. The van der Waals surface area contributed by atoms with Gasteiger partial charge in [-0.2, -0.15) is 0 Å². The van der Waals surface area contributed by atoms with Crippen LogP contribution in [0.15, 0.2) is 34.4 Å². The fraction of sp³-hybridized carbons (Fsp3) is 0.720. The van der Waals surface area contributed by atoms with Crippen LogP contribution in [0.4, 0.5) is 0 Å². The second kappa shape index (κ2) is 7.47. The summed E-state index contributed by atoms with van der Waals surface area (Å²) < 4.78 is 6.81. The van der Waals surface area contributed by atoms with E-state index in [2.05, 4.69) is 26.8 Å². The molecule has 1 spiro atoms. The Morgan fingerprint density at radius 2 is 2.10 bits per heavy atom. The average Bonchev–Trinajstić information content (AvgIpc) is 3.22. The largest absolute Gasteiger partial charge is 0.392 e. The number of hydrogen-bond acceptors (Lipinski definition) is 4. The number of carbonyl (C=O) groups excluding carboxylic acids is 1. The van der Waals surface area contributed by atoms with Gasteiger partial charge < -0.3 is 14.9 Å². The Hall–Kier alpha value is -1.23. The summed E-state index contributed by atoms with van der Waals surface area (Å²) in [5.74, 6) is 1.15. The molecular weight excluding hydrogens is 364 g/mol. The monoisotopic (exact) mass is 400 g/mol. The fourth-order valence-electron chi connectivity index (χ4n) is 7.01. The van der Waals surface area contributed by atoms with Gasteiger partial charge in [-0.3, -0.25) is 4.79 Å². The van der Waals surface area contributed by atoms with Crippen LogP contribution in [0.25, 0.3) is 0 Å². The van der Waals surface area contributed by atoms with Gasteiger partial charge in [0, 0.05) is 11.5 Å². The molecule has 0 aromatic heterocycles. The Morgan fingerprint density at radius 3 is 2.79 bits per heavy atom. The van der Waals surface area contributed by atoms with Gasteiger partial charge in [0.15, 0.2) is 5.78 Å². The van der Waals surface area contributed by atoms with Crippen molar-refractivity contribution in [2.24, 2.45) is 23.2 Å². The molecule has 160 valence electrons. The van der Waals surface area contributed by atoms with Crippen molar-refractivity contribution in [2.45, 2.75) is 77.9 Å². The van der Waals surface area contributed by atoms with Crippen LogP contribution >= 0.6 is 0 Å². The number of fused-ring (bicyclic) bond motifs is 3. The molecule has 1 saturated heterocycles. The van der Waals surface area contributed by atoms with Gasteiger partial charge >= 0.3 is 0 Å². The summed E-state index contributed by atoms with van der Waals surface area (Å²) in [6, 6.07) is 0. The highest BCUT2D eigenvalue weighted by molar-refractivity contribution is 6.08. The smallest absolute Gasteiger partial charge is 0.182 e. The van der Waals surface area contributed by atoms with E-state index in [0.717, 1.165) is 60.8 Å². The minimum absolute atomic E-state index is 0.0212. The molecule has 1 aliphatic heterocycles. The normalized spacial score (nSPS) is 42.8. The molecule has 4 heteroatoms. The number of hydrogen-bond donors (Lipinski definition) is 2. The van der Waals surface area contributed by atoms with E-state index in [1.165, 1.54) is 0 Å². The van der Waals surface area contributed by atoms with Crippen LogP contribution in [0.1, 0.15) is 66.2 Å². The number of ether oxygens (including phenoxy) is 1. The first-order valence-electron chi connectivity index (χ1n) is 11.3. The maximum Gasteiger partial charge on any atom is 0.182 e. The van der Waals surface area contributed by atoms with E-state index in [-0.39, 0.29) is 42.0 Å². The Bertz CT molecular complexity index is 791. The molecule has 2 fully saturated rings. The molecule has 29 heavy (non-hydrogen) atoms. The van der Waals surface area contributed by atoms with Gasteiger partial charge in [-0.25, -0.2) is 0 Å². The third-order valence-corrected chi connectivity index (χ3v) is 8.53. The Balaban J connectivity index is 1.68. The molecule has 2 N–H and O–H groups in total. The Labute approximate surface area is 174 Å². The third-order valence-electron chi connectivity index (χ3n) is 8.53. The van der Waals surface area contributed by atoms with Crippen LogP contribution in [0.2, 0.25) is 0 Å². The lowest BCUT2D eigenvalue weighted by Crippen LogP contribution is -2.44. The second-order valence-electron chi connectivity index (χ2n) is 10.3. The van der Waals surface area contributed by atoms with E-state index in [0.29, 0.717) is 11.8 Å². The van der Waals surface area contributed by atoms with Gasteiger partial charge in [-0.05, 0) is 86.8 Å². The van der Waals surface area contributed by atoms with Crippen LogP contribution in [0, 0.1) is 23.2 Å². The molecule has 0 bridgehead atoms. The molecule has 0 aromatic rings. The molecule has 1 saturated carbocycles. The summed E-state index contributed by atoms with van der Waals surface area (Å²) >= 11 is 0. The predicted octanol–water partition coefficient (Wildman–Crippen LogP) is 4.12. The molecule has 1 heterocycles. The summed E-state index contributed by atoms with van der Waals surface area (Å²) in [5.41, 5.74) is 3.94. The number of ketones is 1. The van der Waals surface area contributed by atoms with Gasteiger partial charge in [0.2, 0.25) is 0 Å². The lowest BCUT2D eigenvalue weighted by atomic mass is 9.63. The van der Waals surface area contributed by atoms with Crippen molar-refractivity contribution in [3.8, 4) is 0 Å². The molecule has 4 nitrogen and oxygen atoms in total. The summed E-state index contributed by atoms with van der Waals surface area (Å²) in [5, 5.41) is 19.5. The molecule has 0 radical (unpaired) electrons. The van der Waals surface area contributed by atoms with Gasteiger partial charge in [0.25, 0.3) is 0 Å². The summed E-state index contributed by atoms with van der Waals surface area (Å²) in [4.78, 5) is 12.6. The van der Waals surface area contributed by atoms with E-state index >= 15 is 0 Å². The molecule has 4 aliphatic rings. The molecule has 6 atom stereocenters. The van der Waals surface area contributed by atoms with E-state index in [1.807, 2.05) is 6.92 Å². The third kappa shape index (κ3) is 3.28. The zero-order chi connectivity index (χ0) is 21.0. The van der Waals surface area contributed by atoms with Crippen molar-refractivity contribution in [3.05, 3.63) is 34.4 Å². The minimum Gasteiger partial charge on any atom is -0.392 e. The van der Waals surface area contributed by atoms with E-state index in [4.69, 9.17) is 4.74 Å². The van der Waals surface area contributed by atoms with Crippen LogP contribution in [0.5, 0.6) is 0 Å². The number of aliphatic hydroxyl groups excluding tert-OH is 2. The second-order valence-corrected chi connectivity index (χ2v) is 10.3. The van der Waals surface area contributed by atoms with Crippen LogP contribution < -0.4 is 0 Å². The van der Waals surface area contributed by atoms with E-state index < -0.39 is 0 Å². The summed E-state index contributed by atoms with van der Waals surface area (Å²) in [6.45, 7) is 8.82. The lowest BCUT2D eigenvalue weighted by molar-refractivity contribution is -0.111. The summed E-state index contributed by atoms with van der Waals surface area (Å²) in [7, 11) is 0. The Kier molecular flexibility index (Phi) is 5.42. The lowest BCUT2D eigenvalue weighted by Gasteiger charge is -2.44. The van der Waals surface area contributed by atoms with Gasteiger partial charge in [0.1, 0.15) is 0 Å². The molecule has 4 rings (SSSR count). The minimum atomic E-state index is -0.135. The molecule has 0 aromatic carbocycles. The first-order chi connectivity index (χ1) is 13.7. The van der Waals surface area contributed by atoms with E-state index in [9.17, 15) is 15.0 Å². The van der Waals surface area contributed by atoms with Crippen LogP contribution in [0.3, 0.4) is 0 Å². The number of rotatable bonds is 3. The highest BCUT2D eigenvalue weighted by Crippen LogP contribution is 2.63. The Morgan fingerprint density at radius 1 is 1.34 bits per heavy atom. The number of carbonyl (C=O) groups is 1. The standard InChI is InChI=1S/C25H36O4/c1-15(13-26)9-19-11-17(3)25(29-19)8-7-24(4)12-20-16(2)10-21(28)23(20)18(14-27)5-6-22(24)25/h9-10,17,19-20,22,26-27H,5-8,11-14H2,1-4H3/b15-9+,23-18?/t17-,19-,20+,22+,24+,25-/m0/s1. The number of aliphatic hydroxyl groups is 2. The van der Waals surface area contributed by atoms with Crippen LogP contribution in [-0.4, -0.2) is 40.9 Å².